The van der Waals surface area contributed by atoms with E-state index >= 15 is 0 Å². The molecule has 2 aliphatic carbocycles. The highest BCUT2D eigenvalue weighted by molar-refractivity contribution is 7.90. The minimum Gasteiger partial charge on any atom is -0.494 e. The summed E-state index contributed by atoms with van der Waals surface area (Å²) in [5, 5.41) is 23.3. The molecule has 0 spiro atoms. The Labute approximate surface area is 265 Å². The molecule has 236 valence electrons. The number of ether oxygens (including phenoxy) is 1. The van der Waals surface area contributed by atoms with Gasteiger partial charge in [-0.3, -0.25) is 9.52 Å². The molecule has 2 unspecified atom stereocenters. The zero-order valence-electron chi connectivity index (χ0n) is 24.0. The molecule has 1 saturated carbocycles. The van der Waals surface area contributed by atoms with E-state index in [1.807, 2.05) is 42.5 Å². The number of carbonyl (C=O) groups excluding carboxylic acids is 1. The zero-order valence-corrected chi connectivity index (χ0v) is 26.4. The molecule has 1 amide bonds. The third-order valence-electron chi connectivity index (χ3n) is 7.78. The molecule has 1 aromatic heterocycles. The number of rotatable bonds is 14. The molecule has 0 bridgehead atoms. The molecule has 4 N–H and O–H groups in total. The Kier molecular flexibility index (Phi) is 13.5. The first-order valence-corrected chi connectivity index (χ1v) is 16.5. The summed E-state index contributed by atoms with van der Waals surface area (Å²) in [6.45, 7) is 0.173. The minimum atomic E-state index is -3.99. The second kappa shape index (κ2) is 16.6. The number of hydrogen-bond donors (Lipinski definition) is 4. The van der Waals surface area contributed by atoms with Gasteiger partial charge in [0.1, 0.15) is 16.3 Å². The second-order valence-electron chi connectivity index (χ2n) is 10.9. The summed E-state index contributed by atoms with van der Waals surface area (Å²) >= 11 is 5.86. The van der Waals surface area contributed by atoms with Gasteiger partial charge in [0.25, 0.3) is 5.91 Å². The Morgan fingerprint density at radius 3 is 2.56 bits per heavy atom. The number of nitrogens with zero attached hydrogens (tertiary/aromatic N) is 1. The topological polar surface area (TPSA) is 138 Å². The molecular weight excluding hydrogens is 613 g/mol. The van der Waals surface area contributed by atoms with Crippen LogP contribution in [0.4, 0.5) is 0 Å². The van der Waals surface area contributed by atoms with E-state index in [0.717, 1.165) is 37.7 Å². The Bertz CT molecular complexity index is 1340. The molecule has 1 aromatic carbocycles. The molecule has 2 aromatic rings. The number of halogens is 2. The van der Waals surface area contributed by atoms with E-state index in [9.17, 15) is 18.3 Å². The van der Waals surface area contributed by atoms with Crippen molar-refractivity contribution < 1.29 is 28.2 Å². The summed E-state index contributed by atoms with van der Waals surface area (Å²) in [6.07, 6.45) is 11.3. The van der Waals surface area contributed by atoms with Crippen LogP contribution in [0.3, 0.4) is 0 Å². The van der Waals surface area contributed by atoms with Crippen LogP contribution in [-0.4, -0.2) is 61.1 Å². The van der Waals surface area contributed by atoms with Gasteiger partial charge in [-0.05, 0) is 62.8 Å². The zero-order chi connectivity index (χ0) is 30.0. The number of sulfonamides is 1. The summed E-state index contributed by atoms with van der Waals surface area (Å²) in [5.41, 5.74) is 0.231. The van der Waals surface area contributed by atoms with Crippen molar-refractivity contribution in [2.45, 2.75) is 63.1 Å². The van der Waals surface area contributed by atoms with E-state index in [0.29, 0.717) is 16.5 Å². The van der Waals surface area contributed by atoms with E-state index in [1.54, 1.807) is 18.2 Å². The van der Waals surface area contributed by atoms with Crippen LogP contribution in [-0.2, 0) is 19.6 Å². The van der Waals surface area contributed by atoms with Crippen LogP contribution in [0.1, 0.15) is 68.1 Å². The fourth-order valence-corrected chi connectivity index (χ4v) is 6.57. The molecule has 2 aliphatic rings. The number of aromatic nitrogens is 1. The number of benzene rings is 1. The van der Waals surface area contributed by atoms with Crippen LogP contribution in [0.2, 0.25) is 5.15 Å². The Hall–Kier alpha value is -2.47. The van der Waals surface area contributed by atoms with Gasteiger partial charge in [0, 0.05) is 30.8 Å². The average Bonchev–Trinajstić information content (AvgIpc) is 3.00. The molecule has 43 heavy (non-hydrogen) atoms. The van der Waals surface area contributed by atoms with Gasteiger partial charge < -0.3 is 20.3 Å². The number of aliphatic hydroxyl groups excluding tert-OH is 2. The third-order valence-corrected chi connectivity index (χ3v) is 9.33. The molecule has 1 heterocycles. The molecule has 3 atom stereocenters. The van der Waals surface area contributed by atoms with E-state index in [1.165, 1.54) is 6.20 Å². The molecule has 4 rings (SSSR count). The van der Waals surface area contributed by atoms with Gasteiger partial charge in [-0.15, -0.1) is 12.4 Å². The van der Waals surface area contributed by atoms with Crippen molar-refractivity contribution in [2.75, 3.05) is 25.4 Å². The van der Waals surface area contributed by atoms with Crippen molar-refractivity contribution in [3.8, 4) is 0 Å². The summed E-state index contributed by atoms with van der Waals surface area (Å²) in [6, 6.07) is 13.1. The number of aliphatic hydroxyl groups is 2. The Morgan fingerprint density at radius 1 is 1.14 bits per heavy atom. The standard InChI is InChI=1S/C31H40ClN3O6S.ClH/c32-29-13-12-25(21-34-29)27(37)22-33-17-16-31(30(38)35-42(39,40)19-7-18-36)15-14-24(23-8-3-1-4-9-23)20-28(31)41-26-10-5-2-6-11-26;/h1,3-4,8-9,12-15,20-21,24,26-27,33,36-37H,2,5-7,10-11,16-19,22H2,(H,35,38);1H/t24?,27-,31?;/m0./s1. The molecule has 9 nitrogen and oxygen atoms in total. The maximum Gasteiger partial charge on any atom is 0.251 e. The summed E-state index contributed by atoms with van der Waals surface area (Å²) < 4.78 is 34.4. The normalized spacial score (nSPS) is 21.4. The van der Waals surface area contributed by atoms with Crippen molar-refractivity contribution in [1.29, 1.82) is 0 Å². The SMILES string of the molecule is Cl.O=C(NS(=O)(=O)CCCO)C1(CCNC[C@H](O)c2ccc(Cl)nc2)C=CC(c2ccccc2)C=C1OC1CCCCC1. The molecule has 0 aliphatic heterocycles. The van der Waals surface area contributed by atoms with Crippen LogP contribution in [0.25, 0.3) is 0 Å². The first-order chi connectivity index (χ1) is 20.2. The first kappa shape index (κ1) is 35.0. The maximum absolute atomic E-state index is 14.0. The second-order valence-corrected chi connectivity index (χ2v) is 13.1. The maximum atomic E-state index is 14.0. The lowest BCUT2D eigenvalue weighted by Gasteiger charge is -2.38. The van der Waals surface area contributed by atoms with Crippen LogP contribution in [0.5, 0.6) is 0 Å². The monoisotopic (exact) mass is 653 g/mol. The number of allylic oxidation sites excluding steroid dienone is 2. The molecule has 0 saturated heterocycles. The Morgan fingerprint density at radius 2 is 1.88 bits per heavy atom. The number of carbonyl (C=O) groups is 1. The fourth-order valence-electron chi connectivity index (χ4n) is 5.38. The number of hydrogen-bond acceptors (Lipinski definition) is 8. The van der Waals surface area contributed by atoms with Gasteiger partial charge in [-0.2, -0.15) is 0 Å². The van der Waals surface area contributed by atoms with Crippen LogP contribution >= 0.6 is 24.0 Å². The molecular formula is C31H41Cl2N3O6S. The average molecular weight is 655 g/mol. The lowest BCUT2D eigenvalue weighted by molar-refractivity contribution is -0.128. The molecule has 1 fully saturated rings. The van der Waals surface area contributed by atoms with Crippen molar-refractivity contribution in [1.82, 2.24) is 15.0 Å². The number of nitrogens with one attached hydrogen (secondary N) is 2. The van der Waals surface area contributed by atoms with Gasteiger partial charge in [0.05, 0.1) is 18.0 Å². The predicted molar refractivity (Wildman–Crippen MR) is 169 cm³/mol. The van der Waals surface area contributed by atoms with Crippen LogP contribution in [0.15, 0.2) is 72.6 Å². The quantitative estimate of drug-likeness (QED) is 0.132. The lowest BCUT2D eigenvalue weighted by Crippen LogP contribution is -2.48. The van der Waals surface area contributed by atoms with Gasteiger partial charge in [0.15, 0.2) is 0 Å². The van der Waals surface area contributed by atoms with Gasteiger partial charge in [0.2, 0.25) is 10.0 Å². The number of amides is 1. The van der Waals surface area contributed by atoms with Crippen molar-refractivity contribution in [3.05, 3.63) is 88.9 Å². The van der Waals surface area contributed by atoms with E-state index in [-0.39, 0.29) is 62.7 Å². The van der Waals surface area contributed by atoms with Crippen LogP contribution in [0, 0.1) is 5.41 Å². The predicted octanol–water partition coefficient (Wildman–Crippen LogP) is 4.57. The number of pyridine rings is 1. The summed E-state index contributed by atoms with van der Waals surface area (Å²) in [4.78, 5) is 18.0. The highest BCUT2D eigenvalue weighted by atomic mass is 35.5. The fraction of sp³-hybridized carbons (Fsp3) is 0.484. The smallest absolute Gasteiger partial charge is 0.251 e. The van der Waals surface area contributed by atoms with E-state index in [2.05, 4.69) is 15.0 Å². The van der Waals surface area contributed by atoms with Crippen LogP contribution < -0.4 is 10.0 Å². The van der Waals surface area contributed by atoms with Gasteiger partial charge in [-0.25, -0.2) is 13.4 Å². The largest absolute Gasteiger partial charge is 0.494 e. The van der Waals surface area contributed by atoms with E-state index < -0.39 is 27.4 Å². The van der Waals surface area contributed by atoms with Crippen molar-refractivity contribution >= 4 is 39.9 Å². The highest BCUT2D eigenvalue weighted by Gasteiger charge is 2.45. The van der Waals surface area contributed by atoms with Gasteiger partial charge in [-0.1, -0.05) is 66.6 Å². The summed E-state index contributed by atoms with van der Waals surface area (Å²) in [5.74, 6) is -0.785. The van der Waals surface area contributed by atoms with Crippen molar-refractivity contribution in [3.63, 3.8) is 0 Å². The molecule has 0 radical (unpaired) electrons. The third kappa shape index (κ3) is 9.76. The van der Waals surface area contributed by atoms with E-state index in [4.69, 9.17) is 21.4 Å². The minimum absolute atomic E-state index is 0. The highest BCUT2D eigenvalue weighted by Crippen LogP contribution is 2.43. The first-order valence-electron chi connectivity index (χ1n) is 14.5. The van der Waals surface area contributed by atoms with Crippen molar-refractivity contribution in [2.24, 2.45) is 5.41 Å². The summed E-state index contributed by atoms with van der Waals surface area (Å²) in [7, 11) is -3.99. The van der Waals surface area contributed by atoms with Gasteiger partial charge >= 0.3 is 0 Å². The molecule has 12 heteroatoms. The lowest BCUT2D eigenvalue weighted by atomic mass is 9.75. The Balaban J connectivity index is 0.00000506.